The van der Waals surface area contributed by atoms with Gasteiger partial charge >= 0.3 is 0 Å². The molecular weight excluding hydrogens is 268 g/mol. The molecule has 21 heavy (non-hydrogen) atoms. The maximum absolute atomic E-state index is 6.01. The Morgan fingerprint density at radius 2 is 2.05 bits per heavy atom. The topological polar surface area (TPSA) is 75.2 Å². The normalized spacial score (nSPS) is 12.2. The number of rotatable bonds is 7. The molecule has 0 bridgehead atoms. The number of aromatic nitrogens is 3. The van der Waals surface area contributed by atoms with E-state index in [2.05, 4.69) is 16.9 Å². The molecule has 1 atom stereocenters. The van der Waals surface area contributed by atoms with E-state index in [1.54, 1.807) is 32.7 Å². The minimum absolute atomic E-state index is 0.117. The van der Waals surface area contributed by atoms with Crippen molar-refractivity contribution in [2.45, 2.75) is 32.4 Å². The van der Waals surface area contributed by atoms with Gasteiger partial charge in [-0.05, 0) is 6.42 Å². The molecule has 0 spiro atoms. The molecule has 2 aromatic rings. The van der Waals surface area contributed by atoms with Crippen LogP contribution in [0.4, 0.5) is 0 Å². The van der Waals surface area contributed by atoms with E-state index in [0.717, 1.165) is 24.4 Å². The number of pyridine rings is 1. The van der Waals surface area contributed by atoms with Gasteiger partial charge in [0.05, 0.1) is 20.8 Å². The quantitative estimate of drug-likeness (QED) is 0.838. The van der Waals surface area contributed by atoms with Gasteiger partial charge in [0.15, 0.2) is 11.5 Å². The second kappa shape index (κ2) is 7.08. The van der Waals surface area contributed by atoms with Crippen LogP contribution in [-0.2, 0) is 13.0 Å². The largest absolute Gasteiger partial charge is 0.493 e. The van der Waals surface area contributed by atoms with Crippen molar-refractivity contribution in [1.29, 1.82) is 0 Å². The number of hydrogen-bond donors (Lipinski definition) is 1. The smallest absolute Gasteiger partial charge is 0.184 e. The van der Waals surface area contributed by atoms with Crippen LogP contribution >= 0.6 is 0 Å². The maximum Gasteiger partial charge on any atom is 0.184 e. The molecule has 0 aromatic carbocycles. The molecule has 0 amide bonds. The van der Waals surface area contributed by atoms with E-state index >= 15 is 0 Å². The van der Waals surface area contributed by atoms with E-state index in [0.29, 0.717) is 18.0 Å². The van der Waals surface area contributed by atoms with Crippen molar-refractivity contribution in [3.05, 3.63) is 36.2 Å². The molecular formula is C15H22N4O2. The Bertz CT molecular complexity index is 583. The van der Waals surface area contributed by atoms with Crippen LogP contribution in [0.5, 0.6) is 11.5 Å². The molecule has 0 saturated heterocycles. The molecule has 6 nitrogen and oxygen atoms in total. The first-order valence-corrected chi connectivity index (χ1v) is 7.01. The van der Waals surface area contributed by atoms with Gasteiger partial charge in [0, 0.05) is 37.1 Å². The Labute approximate surface area is 124 Å². The maximum atomic E-state index is 6.01. The molecule has 2 aromatic heterocycles. The van der Waals surface area contributed by atoms with Gasteiger partial charge in [0.25, 0.3) is 0 Å². The van der Waals surface area contributed by atoms with Crippen LogP contribution in [0.25, 0.3) is 0 Å². The molecule has 2 N–H and O–H groups in total. The fraction of sp³-hybridized carbons (Fsp3) is 0.467. The van der Waals surface area contributed by atoms with Crippen molar-refractivity contribution >= 4 is 0 Å². The Morgan fingerprint density at radius 3 is 2.71 bits per heavy atom. The van der Waals surface area contributed by atoms with Crippen LogP contribution in [0.15, 0.2) is 24.7 Å². The second-order valence-electron chi connectivity index (χ2n) is 4.84. The van der Waals surface area contributed by atoms with Crippen molar-refractivity contribution in [3.63, 3.8) is 0 Å². The fourth-order valence-electron chi connectivity index (χ4n) is 2.18. The van der Waals surface area contributed by atoms with Gasteiger partial charge in [-0.15, -0.1) is 0 Å². The van der Waals surface area contributed by atoms with Gasteiger partial charge in [0.1, 0.15) is 11.5 Å². The summed E-state index contributed by atoms with van der Waals surface area (Å²) < 4.78 is 12.8. The summed E-state index contributed by atoms with van der Waals surface area (Å²) in [7, 11) is 3.23. The number of ether oxygens (including phenoxy) is 2. The molecule has 1 unspecified atom stereocenters. The van der Waals surface area contributed by atoms with Crippen LogP contribution in [0.1, 0.15) is 24.9 Å². The van der Waals surface area contributed by atoms with Crippen LogP contribution < -0.4 is 15.2 Å². The van der Waals surface area contributed by atoms with E-state index in [4.69, 9.17) is 15.2 Å². The lowest BCUT2D eigenvalue weighted by molar-refractivity contribution is 0.348. The third kappa shape index (κ3) is 3.52. The zero-order valence-electron chi connectivity index (χ0n) is 12.7. The SMILES string of the molecule is CCC(N)Cc1nccn1Cc1nccc(OC)c1OC. The van der Waals surface area contributed by atoms with Gasteiger partial charge in [-0.25, -0.2) is 4.98 Å². The van der Waals surface area contributed by atoms with Crippen molar-refractivity contribution in [1.82, 2.24) is 14.5 Å². The molecule has 0 aliphatic heterocycles. The fourth-order valence-corrected chi connectivity index (χ4v) is 2.18. The van der Waals surface area contributed by atoms with Gasteiger partial charge in [0.2, 0.25) is 0 Å². The lowest BCUT2D eigenvalue weighted by atomic mass is 10.1. The van der Waals surface area contributed by atoms with Gasteiger partial charge in [-0.2, -0.15) is 0 Å². The first-order chi connectivity index (χ1) is 10.2. The molecule has 0 aliphatic carbocycles. The molecule has 2 rings (SSSR count). The number of imidazole rings is 1. The van der Waals surface area contributed by atoms with Crippen LogP contribution in [0.2, 0.25) is 0 Å². The van der Waals surface area contributed by atoms with Crippen molar-refractivity contribution < 1.29 is 9.47 Å². The highest BCUT2D eigenvalue weighted by Crippen LogP contribution is 2.29. The predicted octanol–water partition coefficient (Wildman–Crippen LogP) is 1.62. The summed E-state index contributed by atoms with van der Waals surface area (Å²) in [6, 6.07) is 1.90. The highest BCUT2D eigenvalue weighted by atomic mass is 16.5. The molecule has 0 saturated carbocycles. The monoisotopic (exact) mass is 290 g/mol. The third-order valence-electron chi connectivity index (χ3n) is 3.46. The van der Waals surface area contributed by atoms with Crippen LogP contribution in [0.3, 0.4) is 0 Å². The highest BCUT2D eigenvalue weighted by Gasteiger charge is 2.14. The summed E-state index contributed by atoms with van der Waals surface area (Å²) in [5.74, 6) is 2.28. The molecule has 114 valence electrons. The van der Waals surface area contributed by atoms with E-state index in [1.807, 2.05) is 10.8 Å². The van der Waals surface area contributed by atoms with Gasteiger partial charge in [-0.1, -0.05) is 6.92 Å². The number of methoxy groups -OCH3 is 2. The lowest BCUT2D eigenvalue weighted by Crippen LogP contribution is -2.23. The average molecular weight is 290 g/mol. The first-order valence-electron chi connectivity index (χ1n) is 7.01. The zero-order valence-corrected chi connectivity index (χ0v) is 12.7. The summed E-state index contributed by atoms with van der Waals surface area (Å²) >= 11 is 0. The highest BCUT2D eigenvalue weighted by molar-refractivity contribution is 5.42. The van der Waals surface area contributed by atoms with Crippen molar-refractivity contribution in [2.24, 2.45) is 5.73 Å². The number of nitrogens with zero attached hydrogens (tertiary/aromatic N) is 3. The summed E-state index contributed by atoms with van der Waals surface area (Å²) in [5, 5.41) is 0. The lowest BCUT2D eigenvalue weighted by Gasteiger charge is -2.14. The van der Waals surface area contributed by atoms with Gasteiger partial charge in [-0.3, -0.25) is 4.98 Å². The third-order valence-corrected chi connectivity index (χ3v) is 3.46. The second-order valence-corrected chi connectivity index (χ2v) is 4.84. The Balaban J connectivity index is 2.25. The first kappa shape index (κ1) is 15.3. The predicted molar refractivity (Wildman–Crippen MR) is 80.6 cm³/mol. The Hall–Kier alpha value is -2.08. The molecule has 0 radical (unpaired) electrons. The van der Waals surface area contributed by atoms with E-state index in [-0.39, 0.29) is 6.04 Å². The van der Waals surface area contributed by atoms with Crippen LogP contribution in [0, 0.1) is 0 Å². The Morgan fingerprint density at radius 1 is 1.24 bits per heavy atom. The summed E-state index contributed by atoms with van der Waals surface area (Å²) in [5.41, 5.74) is 6.82. The van der Waals surface area contributed by atoms with E-state index < -0.39 is 0 Å². The molecule has 6 heteroatoms. The summed E-state index contributed by atoms with van der Waals surface area (Å²) in [6.45, 7) is 2.65. The van der Waals surface area contributed by atoms with Gasteiger partial charge < -0.3 is 19.8 Å². The molecule has 2 heterocycles. The Kier molecular flexibility index (Phi) is 5.16. The number of nitrogens with two attached hydrogens (primary N) is 1. The molecule has 0 aliphatic rings. The van der Waals surface area contributed by atoms with Crippen molar-refractivity contribution in [2.75, 3.05) is 14.2 Å². The van der Waals surface area contributed by atoms with Crippen molar-refractivity contribution in [3.8, 4) is 11.5 Å². The van der Waals surface area contributed by atoms with E-state index in [9.17, 15) is 0 Å². The minimum atomic E-state index is 0.117. The number of hydrogen-bond acceptors (Lipinski definition) is 5. The zero-order chi connectivity index (χ0) is 15.2. The van der Waals surface area contributed by atoms with E-state index in [1.165, 1.54) is 0 Å². The minimum Gasteiger partial charge on any atom is -0.493 e. The van der Waals surface area contributed by atoms with Crippen LogP contribution in [-0.4, -0.2) is 34.8 Å². The summed E-state index contributed by atoms with van der Waals surface area (Å²) in [6.07, 6.45) is 7.09. The average Bonchev–Trinajstić information content (AvgIpc) is 2.93. The standard InChI is InChI=1S/C15H22N4O2/c1-4-11(16)9-14-18-7-8-19(14)10-12-15(21-3)13(20-2)5-6-17-12/h5-8,11H,4,9-10,16H2,1-3H3. The molecule has 0 fully saturated rings. The summed E-state index contributed by atoms with van der Waals surface area (Å²) in [4.78, 5) is 8.77.